The number of benzene rings is 1. The smallest absolute Gasteiger partial charge is 0.267 e. The molecule has 2 rings (SSSR count). The first-order chi connectivity index (χ1) is 11.4. The van der Waals surface area contributed by atoms with Gasteiger partial charge in [-0.05, 0) is 37.5 Å². The SMILES string of the molecule is CCC(Oc1cccc(C)c1C)C(=O)Nc1nnc(SC(C)C)s1. The lowest BCUT2D eigenvalue weighted by Gasteiger charge is -2.18. The third kappa shape index (κ3) is 4.95. The summed E-state index contributed by atoms with van der Waals surface area (Å²) in [5.74, 6) is 0.543. The molecule has 0 aliphatic rings. The Hall–Kier alpha value is -1.60. The van der Waals surface area contributed by atoms with Gasteiger partial charge < -0.3 is 4.74 Å². The number of hydrogen-bond acceptors (Lipinski definition) is 6. The van der Waals surface area contributed by atoms with Crippen molar-refractivity contribution in [3.63, 3.8) is 0 Å². The van der Waals surface area contributed by atoms with Gasteiger partial charge in [0.25, 0.3) is 5.91 Å². The molecule has 1 aromatic heterocycles. The normalized spacial score (nSPS) is 12.2. The maximum Gasteiger partial charge on any atom is 0.267 e. The number of amides is 1. The van der Waals surface area contributed by atoms with Crippen LogP contribution in [0.2, 0.25) is 0 Å². The summed E-state index contributed by atoms with van der Waals surface area (Å²) in [6.07, 6.45) is 0.0154. The van der Waals surface area contributed by atoms with Crippen LogP contribution in [0.25, 0.3) is 0 Å². The van der Waals surface area contributed by atoms with Crippen molar-refractivity contribution in [2.45, 2.75) is 56.7 Å². The van der Waals surface area contributed by atoms with Gasteiger partial charge in [0.15, 0.2) is 10.4 Å². The Labute approximate surface area is 151 Å². The number of nitrogens with zero attached hydrogens (tertiary/aromatic N) is 2. The molecule has 1 amide bonds. The van der Waals surface area contributed by atoms with Crippen LogP contribution >= 0.6 is 23.1 Å². The highest BCUT2D eigenvalue weighted by Crippen LogP contribution is 2.29. The van der Waals surface area contributed by atoms with E-state index in [1.54, 1.807) is 11.8 Å². The third-order valence-electron chi connectivity index (χ3n) is 3.46. The van der Waals surface area contributed by atoms with E-state index in [2.05, 4.69) is 29.4 Å². The van der Waals surface area contributed by atoms with Gasteiger partial charge in [0.1, 0.15) is 5.75 Å². The van der Waals surface area contributed by atoms with E-state index in [0.29, 0.717) is 16.8 Å². The second-order valence-corrected chi connectivity index (χ2v) is 8.54. The second kappa shape index (κ2) is 8.48. The maximum absolute atomic E-state index is 12.5. The van der Waals surface area contributed by atoms with Crippen molar-refractivity contribution in [1.82, 2.24) is 10.2 Å². The van der Waals surface area contributed by atoms with E-state index >= 15 is 0 Å². The summed E-state index contributed by atoms with van der Waals surface area (Å²) in [5.41, 5.74) is 2.19. The fourth-order valence-corrected chi connectivity index (χ4v) is 4.00. The van der Waals surface area contributed by atoms with Crippen LogP contribution in [0.5, 0.6) is 5.75 Å². The monoisotopic (exact) mass is 365 g/mol. The molecule has 1 N–H and O–H groups in total. The van der Waals surface area contributed by atoms with E-state index in [-0.39, 0.29) is 5.91 Å². The van der Waals surface area contributed by atoms with Gasteiger partial charge in [0.2, 0.25) is 5.13 Å². The Bertz CT molecular complexity index is 701. The summed E-state index contributed by atoms with van der Waals surface area (Å²) < 4.78 is 6.77. The number of aromatic nitrogens is 2. The Morgan fingerprint density at radius 3 is 2.75 bits per heavy atom. The molecule has 1 atom stereocenters. The standard InChI is InChI=1S/C17H23N3O2S2/c1-6-13(22-14-9-7-8-11(4)12(14)5)15(21)18-16-19-20-17(24-16)23-10(2)3/h7-10,13H,6H2,1-5H3,(H,18,19,21). The fourth-order valence-electron chi connectivity index (χ4n) is 2.02. The fraction of sp³-hybridized carbons (Fsp3) is 0.471. The van der Waals surface area contributed by atoms with Crippen molar-refractivity contribution < 1.29 is 9.53 Å². The number of nitrogens with one attached hydrogen (secondary N) is 1. The molecule has 1 heterocycles. The van der Waals surface area contributed by atoms with E-state index in [1.165, 1.54) is 11.3 Å². The molecule has 0 radical (unpaired) electrons. The molecule has 2 aromatic rings. The first-order valence-electron chi connectivity index (χ1n) is 7.94. The molecule has 1 unspecified atom stereocenters. The lowest BCUT2D eigenvalue weighted by atomic mass is 10.1. The van der Waals surface area contributed by atoms with Crippen LogP contribution < -0.4 is 10.1 Å². The number of ether oxygens (including phenoxy) is 1. The van der Waals surface area contributed by atoms with Crippen molar-refractivity contribution >= 4 is 34.1 Å². The molecular formula is C17H23N3O2S2. The number of anilines is 1. The van der Waals surface area contributed by atoms with Crippen molar-refractivity contribution in [2.24, 2.45) is 0 Å². The van der Waals surface area contributed by atoms with Crippen LogP contribution in [0.3, 0.4) is 0 Å². The summed E-state index contributed by atoms with van der Waals surface area (Å²) in [4.78, 5) is 12.5. The highest BCUT2D eigenvalue weighted by Gasteiger charge is 2.21. The van der Waals surface area contributed by atoms with E-state index < -0.39 is 6.10 Å². The lowest BCUT2D eigenvalue weighted by Crippen LogP contribution is -2.32. The molecule has 0 spiro atoms. The van der Waals surface area contributed by atoms with Crippen LogP contribution in [-0.2, 0) is 4.79 Å². The van der Waals surface area contributed by atoms with Crippen molar-refractivity contribution in [3.05, 3.63) is 29.3 Å². The molecule has 130 valence electrons. The number of rotatable bonds is 7. The van der Waals surface area contributed by atoms with Gasteiger partial charge in [-0.3, -0.25) is 10.1 Å². The summed E-state index contributed by atoms with van der Waals surface area (Å²) in [5, 5.41) is 11.8. The van der Waals surface area contributed by atoms with Crippen molar-refractivity contribution in [1.29, 1.82) is 0 Å². The van der Waals surface area contributed by atoms with Crippen LogP contribution in [0, 0.1) is 13.8 Å². The molecule has 5 nitrogen and oxygen atoms in total. The molecule has 0 aliphatic carbocycles. The average Bonchev–Trinajstić information content (AvgIpc) is 2.94. The molecule has 0 fully saturated rings. The molecule has 0 bridgehead atoms. The van der Waals surface area contributed by atoms with Gasteiger partial charge in [-0.15, -0.1) is 10.2 Å². The highest BCUT2D eigenvalue weighted by atomic mass is 32.2. The van der Waals surface area contributed by atoms with Gasteiger partial charge in [0.05, 0.1) is 0 Å². The average molecular weight is 366 g/mol. The summed E-state index contributed by atoms with van der Waals surface area (Å²) in [6, 6.07) is 5.85. The number of carbonyl (C=O) groups is 1. The van der Waals surface area contributed by atoms with Gasteiger partial charge in [-0.1, -0.05) is 56.0 Å². The summed E-state index contributed by atoms with van der Waals surface area (Å²) in [6.45, 7) is 10.1. The highest BCUT2D eigenvalue weighted by molar-refractivity contribution is 8.01. The van der Waals surface area contributed by atoms with Crippen LogP contribution in [-0.4, -0.2) is 27.5 Å². The number of aryl methyl sites for hydroxylation is 1. The van der Waals surface area contributed by atoms with Gasteiger partial charge in [-0.25, -0.2) is 0 Å². The van der Waals surface area contributed by atoms with E-state index in [4.69, 9.17) is 4.74 Å². The zero-order chi connectivity index (χ0) is 17.7. The molecular weight excluding hydrogens is 342 g/mol. The minimum atomic E-state index is -0.560. The van der Waals surface area contributed by atoms with Gasteiger partial charge >= 0.3 is 0 Å². The molecule has 0 saturated heterocycles. The number of hydrogen-bond donors (Lipinski definition) is 1. The zero-order valence-corrected chi connectivity index (χ0v) is 16.3. The minimum absolute atomic E-state index is 0.198. The van der Waals surface area contributed by atoms with Crippen molar-refractivity contribution in [2.75, 3.05) is 5.32 Å². The first-order valence-corrected chi connectivity index (χ1v) is 9.64. The Morgan fingerprint density at radius 1 is 1.33 bits per heavy atom. The third-order valence-corrected chi connectivity index (χ3v) is 5.39. The molecule has 7 heteroatoms. The second-order valence-electron chi connectivity index (χ2n) is 5.74. The Balaban J connectivity index is 2.03. The molecule has 24 heavy (non-hydrogen) atoms. The predicted octanol–water partition coefficient (Wildman–Crippen LogP) is 4.45. The number of carbonyl (C=O) groups excluding carboxylic acids is 1. The van der Waals surface area contributed by atoms with Gasteiger partial charge in [0, 0.05) is 5.25 Å². The lowest BCUT2D eigenvalue weighted by molar-refractivity contribution is -0.122. The summed E-state index contributed by atoms with van der Waals surface area (Å²) >= 11 is 3.01. The largest absolute Gasteiger partial charge is 0.480 e. The van der Waals surface area contributed by atoms with Crippen LogP contribution in [0.15, 0.2) is 22.5 Å². The Kier molecular flexibility index (Phi) is 6.62. The van der Waals surface area contributed by atoms with Crippen LogP contribution in [0.1, 0.15) is 38.3 Å². The van der Waals surface area contributed by atoms with Crippen LogP contribution in [0.4, 0.5) is 5.13 Å². The maximum atomic E-state index is 12.5. The van der Waals surface area contributed by atoms with E-state index in [9.17, 15) is 4.79 Å². The minimum Gasteiger partial charge on any atom is -0.480 e. The van der Waals surface area contributed by atoms with E-state index in [1.807, 2.05) is 39.0 Å². The molecule has 1 aromatic carbocycles. The number of thioether (sulfide) groups is 1. The van der Waals surface area contributed by atoms with E-state index in [0.717, 1.165) is 21.2 Å². The molecule has 0 saturated carbocycles. The topological polar surface area (TPSA) is 64.1 Å². The van der Waals surface area contributed by atoms with Gasteiger partial charge in [-0.2, -0.15) is 0 Å². The Morgan fingerprint density at radius 2 is 2.08 bits per heavy atom. The first kappa shape index (κ1) is 18.7. The zero-order valence-electron chi connectivity index (χ0n) is 14.6. The molecule has 0 aliphatic heterocycles. The predicted molar refractivity (Wildman–Crippen MR) is 100 cm³/mol. The summed E-state index contributed by atoms with van der Waals surface area (Å²) in [7, 11) is 0. The quantitative estimate of drug-likeness (QED) is 0.580. The van der Waals surface area contributed by atoms with Crippen molar-refractivity contribution in [3.8, 4) is 5.75 Å².